The van der Waals surface area contributed by atoms with Crippen LogP contribution in [0.5, 0.6) is 0 Å². The molecule has 1 aliphatic heterocycles. The number of hydrogen-bond donors (Lipinski definition) is 1. The third-order valence-electron chi connectivity index (χ3n) is 5.16. The first-order valence-electron chi connectivity index (χ1n) is 9.45. The molecule has 0 aliphatic carbocycles. The van der Waals surface area contributed by atoms with E-state index in [0.717, 1.165) is 22.8 Å². The third kappa shape index (κ3) is 2.87. The molecule has 0 bridgehead atoms. The molecule has 1 amide bonds. The van der Waals surface area contributed by atoms with Crippen LogP contribution in [0.4, 0.5) is 0 Å². The van der Waals surface area contributed by atoms with Gasteiger partial charge in [0.2, 0.25) is 0 Å². The Labute approximate surface area is 163 Å². The van der Waals surface area contributed by atoms with Crippen LogP contribution in [0.15, 0.2) is 78.4 Å². The molecule has 4 nitrogen and oxygen atoms in total. The first kappa shape index (κ1) is 18.0. The molecule has 1 atom stereocenters. The number of likely N-dealkylation sites (tertiary alicyclic amines) is 1. The lowest BCUT2D eigenvalue weighted by Crippen LogP contribution is -2.30. The van der Waals surface area contributed by atoms with Crippen molar-refractivity contribution in [3.05, 3.63) is 89.5 Å². The summed E-state index contributed by atoms with van der Waals surface area (Å²) in [5.41, 5.74) is 1.53. The van der Waals surface area contributed by atoms with Crippen molar-refractivity contribution < 1.29 is 14.7 Å². The van der Waals surface area contributed by atoms with Crippen molar-refractivity contribution in [2.45, 2.75) is 19.4 Å². The fraction of sp³-hybridized carbons (Fsp3) is 0.167. The van der Waals surface area contributed by atoms with Crippen molar-refractivity contribution in [3.8, 4) is 0 Å². The van der Waals surface area contributed by atoms with E-state index in [0.29, 0.717) is 12.1 Å². The molecule has 1 heterocycles. The Kier molecular flexibility index (Phi) is 4.70. The smallest absolute Gasteiger partial charge is 0.295 e. The molecule has 1 saturated heterocycles. The van der Waals surface area contributed by atoms with Crippen LogP contribution in [0.2, 0.25) is 0 Å². The van der Waals surface area contributed by atoms with Gasteiger partial charge in [-0.3, -0.25) is 9.59 Å². The van der Waals surface area contributed by atoms with Crippen LogP contribution in [-0.4, -0.2) is 28.2 Å². The van der Waals surface area contributed by atoms with Gasteiger partial charge in [0.05, 0.1) is 11.6 Å². The number of hydrogen-bond acceptors (Lipinski definition) is 3. The molecule has 1 unspecified atom stereocenters. The summed E-state index contributed by atoms with van der Waals surface area (Å²) in [5.74, 6) is -1.31. The van der Waals surface area contributed by atoms with Crippen molar-refractivity contribution in [1.29, 1.82) is 0 Å². The van der Waals surface area contributed by atoms with E-state index in [1.165, 1.54) is 0 Å². The summed E-state index contributed by atoms with van der Waals surface area (Å²) in [7, 11) is 0. The van der Waals surface area contributed by atoms with E-state index < -0.39 is 17.7 Å². The van der Waals surface area contributed by atoms with E-state index in [4.69, 9.17) is 0 Å². The topological polar surface area (TPSA) is 57.6 Å². The van der Waals surface area contributed by atoms with Crippen LogP contribution < -0.4 is 0 Å². The molecule has 1 fully saturated rings. The maximum atomic E-state index is 12.9. The lowest BCUT2D eigenvalue weighted by molar-refractivity contribution is -0.139. The van der Waals surface area contributed by atoms with E-state index >= 15 is 0 Å². The van der Waals surface area contributed by atoms with Gasteiger partial charge in [-0.05, 0) is 22.8 Å². The summed E-state index contributed by atoms with van der Waals surface area (Å²) in [6, 6.07) is 22.1. The second-order valence-corrected chi connectivity index (χ2v) is 6.93. The van der Waals surface area contributed by atoms with Gasteiger partial charge in [-0.15, -0.1) is 0 Å². The lowest BCUT2D eigenvalue weighted by Gasteiger charge is -2.24. The zero-order valence-electron chi connectivity index (χ0n) is 15.6. The Morgan fingerprint density at radius 3 is 2.36 bits per heavy atom. The zero-order chi connectivity index (χ0) is 19.7. The number of aliphatic hydroxyl groups excluding tert-OH is 1. The number of carbonyl (C=O) groups excluding carboxylic acids is 2. The minimum absolute atomic E-state index is 0.123. The van der Waals surface area contributed by atoms with Gasteiger partial charge in [0.25, 0.3) is 11.7 Å². The van der Waals surface area contributed by atoms with E-state index in [2.05, 4.69) is 0 Å². The zero-order valence-corrected chi connectivity index (χ0v) is 15.6. The highest BCUT2D eigenvalue weighted by Gasteiger charge is 2.45. The average Bonchev–Trinajstić information content (AvgIpc) is 2.99. The van der Waals surface area contributed by atoms with E-state index in [9.17, 15) is 14.7 Å². The van der Waals surface area contributed by atoms with Gasteiger partial charge in [0.15, 0.2) is 0 Å². The Morgan fingerprint density at radius 2 is 1.61 bits per heavy atom. The number of ketones is 1. The van der Waals surface area contributed by atoms with Crippen molar-refractivity contribution in [1.82, 2.24) is 4.90 Å². The molecule has 0 aromatic heterocycles. The summed E-state index contributed by atoms with van der Waals surface area (Å²) in [4.78, 5) is 27.2. The molecule has 0 saturated carbocycles. The number of benzene rings is 3. The van der Waals surface area contributed by atoms with Crippen molar-refractivity contribution >= 4 is 28.2 Å². The summed E-state index contributed by atoms with van der Waals surface area (Å²) in [5, 5.41) is 13.0. The first-order chi connectivity index (χ1) is 13.6. The Morgan fingerprint density at radius 1 is 0.929 bits per heavy atom. The highest BCUT2D eigenvalue weighted by atomic mass is 16.3. The highest BCUT2D eigenvalue weighted by Crippen LogP contribution is 2.40. The lowest BCUT2D eigenvalue weighted by atomic mass is 9.93. The normalized spacial score (nSPS) is 18.8. The van der Waals surface area contributed by atoms with Crippen LogP contribution in [-0.2, 0) is 9.59 Å². The molecular formula is C24H21NO3. The molecular weight excluding hydrogens is 350 g/mol. The van der Waals surface area contributed by atoms with Gasteiger partial charge < -0.3 is 10.0 Å². The van der Waals surface area contributed by atoms with Crippen LogP contribution in [0.3, 0.4) is 0 Å². The molecule has 4 heteroatoms. The Balaban J connectivity index is 1.96. The largest absolute Gasteiger partial charge is 0.507 e. The molecule has 1 N–H and O–H groups in total. The highest BCUT2D eigenvalue weighted by molar-refractivity contribution is 6.46. The SMILES string of the molecule is CCCN1C(=O)C(=O)/C(=C(\O)c2cccc3ccccc23)C1c1ccccc1. The molecule has 0 spiro atoms. The van der Waals surface area contributed by atoms with Crippen LogP contribution in [0.25, 0.3) is 16.5 Å². The summed E-state index contributed by atoms with van der Waals surface area (Å²) in [6.07, 6.45) is 0.727. The molecule has 1 aliphatic rings. The molecule has 3 aromatic rings. The third-order valence-corrected chi connectivity index (χ3v) is 5.16. The second-order valence-electron chi connectivity index (χ2n) is 6.93. The minimum Gasteiger partial charge on any atom is -0.507 e. The first-order valence-corrected chi connectivity index (χ1v) is 9.45. The second kappa shape index (κ2) is 7.31. The van der Waals surface area contributed by atoms with E-state index in [1.807, 2.05) is 73.7 Å². The number of fused-ring (bicyclic) bond motifs is 1. The summed E-state index contributed by atoms with van der Waals surface area (Å²) >= 11 is 0. The molecule has 4 rings (SSSR count). The summed E-state index contributed by atoms with van der Waals surface area (Å²) in [6.45, 7) is 2.42. The Hall–Kier alpha value is -3.40. The standard InChI is InChI=1S/C24H21NO3/c1-2-15-25-21(17-10-4-3-5-11-17)20(23(27)24(25)28)22(26)19-14-8-12-16-9-6-7-13-18(16)19/h3-14,21,26H,2,15H2,1H3/b22-20-. The van der Waals surface area contributed by atoms with Crippen molar-refractivity contribution in [2.75, 3.05) is 6.54 Å². The van der Waals surface area contributed by atoms with Gasteiger partial charge in [-0.25, -0.2) is 0 Å². The van der Waals surface area contributed by atoms with Crippen LogP contribution in [0, 0.1) is 0 Å². The van der Waals surface area contributed by atoms with E-state index in [1.54, 1.807) is 11.0 Å². The van der Waals surface area contributed by atoms with Crippen molar-refractivity contribution in [3.63, 3.8) is 0 Å². The quantitative estimate of drug-likeness (QED) is 0.412. The van der Waals surface area contributed by atoms with E-state index in [-0.39, 0.29) is 11.3 Å². The molecule has 140 valence electrons. The monoisotopic (exact) mass is 371 g/mol. The predicted octanol–water partition coefficient (Wildman–Crippen LogP) is 4.67. The Bertz CT molecular complexity index is 1080. The van der Waals surface area contributed by atoms with Crippen molar-refractivity contribution in [2.24, 2.45) is 0 Å². The average molecular weight is 371 g/mol. The molecule has 28 heavy (non-hydrogen) atoms. The van der Waals surface area contributed by atoms with Gasteiger partial charge in [-0.2, -0.15) is 0 Å². The fourth-order valence-electron chi connectivity index (χ4n) is 3.91. The van der Waals surface area contributed by atoms with Gasteiger partial charge >= 0.3 is 0 Å². The predicted molar refractivity (Wildman–Crippen MR) is 110 cm³/mol. The maximum absolute atomic E-state index is 12.9. The van der Waals surface area contributed by atoms with Gasteiger partial charge in [-0.1, -0.05) is 79.7 Å². The number of amides is 1. The molecule has 0 radical (unpaired) electrons. The van der Waals surface area contributed by atoms with Gasteiger partial charge in [0, 0.05) is 12.1 Å². The number of Topliss-reactive ketones (excluding diaryl/α,β-unsaturated/α-hetero) is 1. The minimum atomic E-state index is -0.632. The van der Waals surface area contributed by atoms with Gasteiger partial charge in [0.1, 0.15) is 5.76 Å². The molecule has 3 aromatic carbocycles. The fourth-order valence-corrected chi connectivity index (χ4v) is 3.91. The maximum Gasteiger partial charge on any atom is 0.295 e. The van der Waals surface area contributed by atoms with Crippen LogP contribution in [0.1, 0.15) is 30.5 Å². The number of aliphatic hydroxyl groups is 1. The summed E-state index contributed by atoms with van der Waals surface area (Å²) < 4.78 is 0. The van der Waals surface area contributed by atoms with Crippen LogP contribution >= 0.6 is 0 Å². The number of carbonyl (C=O) groups is 2. The number of rotatable bonds is 4. The number of nitrogens with zero attached hydrogens (tertiary/aromatic N) is 1.